The minimum absolute atomic E-state index is 0.0662. The van der Waals surface area contributed by atoms with Crippen LogP contribution in [-0.2, 0) is 16.4 Å². The number of aryl methyl sites for hydroxylation is 1. The van der Waals surface area contributed by atoms with Crippen molar-refractivity contribution in [3.63, 3.8) is 0 Å². The van der Waals surface area contributed by atoms with Gasteiger partial charge in [-0.25, -0.2) is 17.5 Å². The molecule has 1 amide bonds. The maximum atomic E-state index is 14.1. The van der Waals surface area contributed by atoms with Gasteiger partial charge in [-0.15, -0.1) is 0 Å². The average Bonchev–Trinajstić information content (AvgIpc) is 3.02. The highest BCUT2D eigenvalue weighted by Crippen LogP contribution is 2.32. The van der Waals surface area contributed by atoms with Crippen LogP contribution in [0.5, 0.6) is 5.88 Å². The molecule has 3 heterocycles. The summed E-state index contributed by atoms with van der Waals surface area (Å²) in [5, 5.41) is 3.22. The first-order valence-electron chi connectivity index (χ1n) is 8.91. The second-order valence-corrected chi connectivity index (χ2v) is 9.05. The number of benzene rings is 1. The van der Waals surface area contributed by atoms with Crippen LogP contribution in [0.3, 0.4) is 0 Å². The lowest BCUT2D eigenvalue weighted by Crippen LogP contribution is -2.34. The van der Waals surface area contributed by atoms with Crippen LogP contribution in [-0.4, -0.2) is 54.5 Å². The third-order valence-electron chi connectivity index (χ3n) is 5.05. The zero-order chi connectivity index (χ0) is 19.0. The summed E-state index contributed by atoms with van der Waals surface area (Å²) in [6.07, 6.45) is 2.45. The van der Waals surface area contributed by atoms with Gasteiger partial charge in [0.25, 0.3) is 5.91 Å². The Morgan fingerprint density at radius 3 is 2.85 bits per heavy atom. The molecule has 1 aromatic carbocycles. The Kier molecular flexibility index (Phi) is 4.63. The maximum Gasteiger partial charge on any atom is 0.261 e. The average molecular weight is 393 g/mol. The maximum absolute atomic E-state index is 14.1. The number of carbonyl (C=O) groups is 1. The van der Waals surface area contributed by atoms with Gasteiger partial charge >= 0.3 is 0 Å². The fraction of sp³-hybridized carbons (Fsp3) is 0.444. The molecular formula is C18H20FN3O4S. The van der Waals surface area contributed by atoms with Crippen molar-refractivity contribution in [2.75, 3.05) is 25.4 Å². The summed E-state index contributed by atoms with van der Waals surface area (Å²) in [5.74, 6) is -0.612. The summed E-state index contributed by atoms with van der Waals surface area (Å²) in [5.41, 5.74) is 0.509. The van der Waals surface area contributed by atoms with Crippen molar-refractivity contribution in [2.45, 2.75) is 24.6 Å². The molecule has 7 nitrogen and oxygen atoms in total. The van der Waals surface area contributed by atoms with E-state index in [-0.39, 0.29) is 36.7 Å². The molecule has 144 valence electrons. The summed E-state index contributed by atoms with van der Waals surface area (Å²) in [6, 6.07) is 5.91. The van der Waals surface area contributed by atoms with Gasteiger partial charge in [0.15, 0.2) is 9.84 Å². The zero-order valence-corrected chi connectivity index (χ0v) is 15.5. The lowest BCUT2D eigenvalue weighted by Gasteiger charge is -2.21. The van der Waals surface area contributed by atoms with Crippen LogP contribution in [0.4, 0.5) is 4.39 Å². The highest BCUT2D eigenvalue weighted by Gasteiger charge is 2.35. The number of hydrogen-bond donors (Lipinski definition) is 0. The van der Waals surface area contributed by atoms with Gasteiger partial charge in [-0.3, -0.25) is 4.79 Å². The van der Waals surface area contributed by atoms with Crippen LogP contribution in [0.2, 0.25) is 0 Å². The van der Waals surface area contributed by atoms with Gasteiger partial charge < -0.3 is 9.64 Å². The number of fused-ring (bicyclic) bond motifs is 1. The third kappa shape index (κ3) is 3.31. The molecule has 1 fully saturated rings. The largest absolute Gasteiger partial charge is 0.477 e. The van der Waals surface area contributed by atoms with Crippen molar-refractivity contribution in [1.82, 2.24) is 14.7 Å². The van der Waals surface area contributed by atoms with E-state index in [0.717, 1.165) is 6.42 Å². The number of rotatable bonds is 2. The predicted molar refractivity (Wildman–Crippen MR) is 95.8 cm³/mol. The fourth-order valence-electron chi connectivity index (χ4n) is 3.62. The molecule has 9 heteroatoms. The number of carbonyl (C=O) groups excluding carboxylic acids is 1. The van der Waals surface area contributed by atoms with E-state index >= 15 is 0 Å². The van der Waals surface area contributed by atoms with Gasteiger partial charge in [0.1, 0.15) is 11.4 Å². The standard InChI is InChI=1S/C18H20FN3O4S/c19-15-5-2-1-4-13(15)16-6-8-21(9-11-27(16,24)25)17(23)14-12-20-22-7-3-10-26-18(14)22/h1-2,4-5,12,16H,3,6-11H2. The topological polar surface area (TPSA) is 81.5 Å². The quantitative estimate of drug-likeness (QED) is 0.777. The number of aromatic nitrogens is 2. The van der Waals surface area contributed by atoms with Gasteiger partial charge in [-0.2, -0.15) is 5.10 Å². The second kappa shape index (κ2) is 6.95. The molecule has 0 saturated carbocycles. The fourth-order valence-corrected chi connectivity index (χ4v) is 5.42. The van der Waals surface area contributed by atoms with Crippen molar-refractivity contribution in [2.24, 2.45) is 0 Å². The summed E-state index contributed by atoms with van der Waals surface area (Å²) in [6.45, 7) is 1.50. The molecule has 0 N–H and O–H groups in total. The van der Waals surface area contributed by atoms with E-state index in [2.05, 4.69) is 5.10 Å². The number of sulfone groups is 1. The third-order valence-corrected chi connectivity index (χ3v) is 7.16. The number of ether oxygens (including phenoxy) is 1. The smallest absolute Gasteiger partial charge is 0.261 e. The van der Waals surface area contributed by atoms with Crippen LogP contribution < -0.4 is 4.74 Å². The number of amides is 1. The molecule has 2 aliphatic rings. The molecular weight excluding hydrogens is 373 g/mol. The van der Waals surface area contributed by atoms with Gasteiger partial charge in [-0.05, 0) is 12.5 Å². The molecule has 2 aliphatic heterocycles. The first-order chi connectivity index (χ1) is 13.0. The molecule has 1 unspecified atom stereocenters. The van der Waals surface area contributed by atoms with Crippen LogP contribution in [0.25, 0.3) is 0 Å². The van der Waals surface area contributed by atoms with Crippen LogP contribution >= 0.6 is 0 Å². The minimum atomic E-state index is -3.57. The molecule has 0 bridgehead atoms. The van der Waals surface area contributed by atoms with Crippen molar-refractivity contribution in [3.8, 4) is 5.88 Å². The Bertz CT molecular complexity index is 973. The molecule has 1 atom stereocenters. The number of nitrogens with zero attached hydrogens (tertiary/aromatic N) is 3. The Morgan fingerprint density at radius 2 is 2.04 bits per heavy atom. The van der Waals surface area contributed by atoms with Crippen molar-refractivity contribution >= 4 is 15.7 Å². The van der Waals surface area contributed by atoms with Gasteiger partial charge in [-0.1, -0.05) is 18.2 Å². The van der Waals surface area contributed by atoms with Crippen molar-refractivity contribution < 1.29 is 22.3 Å². The van der Waals surface area contributed by atoms with E-state index in [0.29, 0.717) is 24.6 Å². The van der Waals surface area contributed by atoms with E-state index in [1.807, 2.05) is 0 Å². The Balaban J connectivity index is 1.58. The normalized spacial score (nSPS) is 21.8. The van der Waals surface area contributed by atoms with E-state index in [1.54, 1.807) is 10.7 Å². The summed E-state index contributed by atoms with van der Waals surface area (Å²) >= 11 is 0. The van der Waals surface area contributed by atoms with Gasteiger partial charge in [0, 0.05) is 31.6 Å². The van der Waals surface area contributed by atoms with Crippen LogP contribution in [0, 0.1) is 5.82 Å². The van der Waals surface area contributed by atoms with E-state index in [1.165, 1.54) is 29.3 Å². The number of halogens is 1. The molecule has 1 saturated heterocycles. The Labute approximate surface area is 156 Å². The molecule has 1 aromatic heterocycles. The predicted octanol–water partition coefficient (Wildman–Crippen LogP) is 1.81. The Hall–Kier alpha value is -2.42. The summed E-state index contributed by atoms with van der Waals surface area (Å²) in [7, 11) is -3.57. The molecule has 27 heavy (non-hydrogen) atoms. The van der Waals surface area contributed by atoms with Gasteiger partial charge in [0.2, 0.25) is 5.88 Å². The molecule has 2 aromatic rings. The lowest BCUT2D eigenvalue weighted by molar-refractivity contribution is 0.0759. The number of hydrogen-bond acceptors (Lipinski definition) is 5. The Morgan fingerprint density at radius 1 is 1.22 bits per heavy atom. The van der Waals surface area contributed by atoms with E-state index in [9.17, 15) is 17.6 Å². The second-order valence-electron chi connectivity index (χ2n) is 6.75. The highest BCUT2D eigenvalue weighted by atomic mass is 32.2. The van der Waals surface area contributed by atoms with Crippen molar-refractivity contribution in [3.05, 3.63) is 47.4 Å². The first-order valence-corrected chi connectivity index (χ1v) is 10.6. The molecule has 0 radical (unpaired) electrons. The summed E-state index contributed by atoms with van der Waals surface area (Å²) < 4.78 is 46.8. The minimum Gasteiger partial charge on any atom is -0.477 e. The van der Waals surface area contributed by atoms with Gasteiger partial charge in [0.05, 0.1) is 23.8 Å². The first kappa shape index (κ1) is 18.0. The molecule has 0 spiro atoms. The zero-order valence-electron chi connectivity index (χ0n) is 14.7. The van der Waals surface area contributed by atoms with Crippen LogP contribution in [0.15, 0.2) is 30.5 Å². The molecule has 0 aliphatic carbocycles. The molecule has 4 rings (SSSR count). The summed E-state index contributed by atoms with van der Waals surface area (Å²) in [4.78, 5) is 14.4. The van der Waals surface area contributed by atoms with Crippen molar-refractivity contribution in [1.29, 1.82) is 0 Å². The van der Waals surface area contributed by atoms with Crippen LogP contribution in [0.1, 0.15) is 34.0 Å². The van der Waals surface area contributed by atoms with E-state index < -0.39 is 20.9 Å². The SMILES string of the molecule is O=C(c1cnn2c1OCCC2)N1CCC(c2ccccc2F)S(=O)(=O)CC1. The monoisotopic (exact) mass is 393 g/mol. The van der Waals surface area contributed by atoms with E-state index in [4.69, 9.17) is 4.74 Å². The highest BCUT2D eigenvalue weighted by molar-refractivity contribution is 7.91. The lowest BCUT2D eigenvalue weighted by atomic mass is 10.1.